The summed E-state index contributed by atoms with van der Waals surface area (Å²) < 4.78 is 57.8. The molecule has 3 aromatic rings. The lowest BCUT2D eigenvalue weighted by Gasteiger charge is -2.35. The smallest absolute Gasteiger partial charge is 0.351 e. The Morgan fingerprint density at radius 2 is 1.88 bits per heavy atom. The standard InChI is InChI=1S/C24H23F4N5S/c1-15-5-6-16(25)13-18(15)23-19(24(26,27)28)7-8-20(29-23)31-34-22-4-2-3-21(30-22)33-12-11-32-10-9-17(33)14-32/h2-8,13,17H,9-12,14H2,1H3,(H,29,31). The molecule has 10 heteroatoms. The average molecular weight is 490 g/mol. The zero-order chi connectivity index (χ0) is 23.9. The topological polar surface area (TPSA) is 44.3 Å². The molecule has 5 nitrogen and oxygen atoms in total. The van der Waals surface area contributed by atoms with Crippen LogP contribution in [0.2, 0.25) is 0 Å². The maximum Gasteiger partial charge on any atom is 0.418 e. The normalized spacial score (nSPS) is 20.0. The number of alkyl halides is 3. The fraction of sp³-hybridized carbons (Fsp3) is 0.333. The van der Waals surface area contributed by atoms with Crippen LogP contribution in [-0.2, 0) is 6.18 Å². The highest BCUT2D eigenvalue weighted by atomic mass is 32.2. The molecule has 2 aromatic heterocycles. The van der Waals surface area contributed by atoms with Crippen molar-refractivity contribution in [2.24, 2.45) is 0 Å². The van der Waals surface area contributed by atoms with Crippen LogP contribution >= 0.6 is 11.9 Å². The fourth-order valence-corrected chi connectivity index (χ4v) is 5.14. The lowest BCUT2D eigenvalue weighted by molar-refractivity contribution is -0.137. The molecule has 0 spiro atoms. The SMILES string of the molecule is Cc1ccc(F)cc1-c1nc(NSc2cccc(N3CCN4CCC3C4)n2)ccc1C(F)(F)F. The molecule has 2 atom stereocenters. The number of piperazine rings is 1. The van der Waals surface area contributed by atoms with Gasteiger partial charge in [-0.05, 0) is 55.3 Å². The van der Waals surface area contributed by atoms with Gasteiger partial charge in [0.25, 0.3) is 0 Å². The van der Waals surface area contributed by atoms with Crippen LogP contribution in [0, 0.1) is 12.7 Å². The molecule has 1 aromatic carbocycles. The van der Waals surface area contributed by atoms with Gasteiger partial charge in [0.1, 0.15) is 22.5 Å². The van der Waals surface area contributed by atoms with Crippen LogP contribution in [0.25, 0.3) is 11.3 Å². The average Bonchev–Trinajstić information content (AvgIpc) is 3.19. The highest BCUT2D eigenvalue weighted by Crippen LogP contribution is 2.38. The van der Waals surface area contributed by atoms with Crippen molar-refractivity contribution in [2.75, 3.05) is 35.8 Å². The third kappa shape index (κ3) is 4.69. The van der Waals surface area contributed by atoms with Crippen LogP contribution in [-0.4, -0.2) is 47.1 Å². The molecule has 0 amide bonds. The van der Waals surface area contributed by atoms with E-state index in [-0.39, 0.29) is 17.1 Å². The molecule has 2 bridgehead atoms. The minimum atomic E-state index is -4.62. The molecule has 2 unspecified atom stereocenters. The quantitative estimate of drug-likeness (QED) is 0.371. The summed E-state index contributed by atoms with van der Waals surface area (Å²) in [6, 6.07) is 12.2. The summed E-state index contributed by atoms with van der Waals surface area (Å²) >= 11 is 1.18. The van der Waals surface area contributed by atoms with E-state index in [1.807, 2.05) is 18.2 Å². The minimum Gasteiger partial charge on any atom is -0.351 e. The van der Waals surface area contributed by atoms with Crippen LogP contribution < -0.4 is 9.62 Å². The molecule has 4 heterocycles. The molecule has 2 fully saturated rings. The molecule has 1 N–H and O–H groups in total. The summed E-state index contributed by atoms with van der Waals surface area (Å²) in [7, 11) is 0. The highest BCUT2D eigenvalue weighted by molar-refractivity contribution is 8.00. The second-order valence-electron chi connectivity index (χ2n) is 8.52. The van der Waals surface area contributed by atoms with E-state index in [4.69, 9.17) is 4.98 Å². The van der Waals surface area contributed by atoms with E-state index in [0.29, 0.717) is 16.6 Å². The number of hydrogen-bond acceptors (Lipinski definition) is 6. The molecule has 0 radical (unpaired) electrons. The van der Waals surface area contributed by atoms with Gasteiger partial charge >= 0.3 is 6.18 Å². The van der Waals surface area contributed by atoms with Crippen molar-refractivity contribution in [1.29, 1.82) is 0 Å². The van der Waals surface area contributed by atoms with Gasteiger partial charge in [0.15, 0.2) is 0 Å². The largest absolute Gasteiger partial charge is 0.418 e. The number of halogens is 4. The number of anilines is 2. The third-order valence-electron chi connectivity index (χ3n) is 6.26. The zero-order valence-electron chi connectivity index (χ0n) is 18.4. The number of fused-ring (bicyclic) bond motifs is 2. The van der Waals surface area contributed by atoms with Crippen LogP contribution in [0.1, 0.15) is 17.5 Å². The number of hydrogen-bond donors (Lipinski definition) is 1. The number of pyridine rings is 2. The van der Waals surface area contributed by atoms with Crippen molar-refractivity contribution in [2.45, 2.75) is 30.6 Å². The van der Waals surface area contributed by atoms with Gasteiger partial charge in [0.05, 0.1) is 11.3 Å². The Kier molecular flexibility index (Phi) is 6.11. The van der Waals surface area contributed by atoms with Crippen molar-refractivity contribution in [3.05, 3.63) is 65.5 Å². The number of nitrogens with zero attached hydrogens (tertiary/aromatic N) is 4. The van der Waals surface area contributed by atoms with Crippen molar-refractivity contribution in [3.8, 4) is 11.3 Å². The monoisotopic (exact) mass is 489 g/mol. The predicted octanol–water partition coefficient (Wildman–Crippen LogP) is 5.62. The first-order chi connectivity index (χ1) is 16.3. The first-order valence-corrected chi connectivity index (χ1v) is 11.8. The Balaban J connectivity index is 1.39. The van der Waals surface area contributed by atoms with Gasteiger partial charge in [-0.2, -0.15) is 13.2 Å². The second-order valence-corrected chi connectivity index (χ2v) is 9.35. The molecule has 178 valence electrons. The van der Waals surface area contributed by atoms with Crippen molar-refractivity contribution < 1.29 is 17.6 Å². The predicted molar refractivity (Wildman–Crippen MR) is 125 cm³/mol. The Morgan fingerprint density at radius 3 is 2.71 bits per heavy atom. The molecular formula is C24H23F4N5S. The van der Waals surface area contributed by atoms with E-state index >= 15 is 0 Å². The van der Waals surface area contributed by atoms with Crippen LogP contribution in [0.4, 0.5) is 29.2 Å². The van der Waals surface area contributed by atoms with E-state index < -0.39 is 17.6 Å². The van der Waals surface area contributed by atoms with Gasteiger partial charge in [-0.3, -0.25) is 4.90 Å². The summed E-state index contributed by atoms with van der Waals surface area (Å²) in [4.78, 5) is 13.7. The molecule has 2 aliphatic rings. The summed E-state index contributed by atoms with van der Waals surface area (Å²) in [5, 5.41) is 0.683. The molecule has 0 saturated carbocycles. The maximum absolute atomic E-state index is 13.8. The molecule has 34 heavy (non-hydrogen) atoms. The fourth-order valence-electron chi connectivity index (χ4n) is 4.53. The van der Waals surface area contributed by atoms with E-state index in [2.05, 4.69) is 19.5 Å². The van der Waals surface area contributed by atoms with E-state index in [1.165, 1.54) is 30.1 Å². The minimum absolute atomic E-state index is 0.108. The Morgan fingerprint density at radius 1 is 1.03 bits per heavy atom. The van der Waals surface area contributed by atoms with E-state index in [1.54, 1.807) is 6.92 Å². The van der Waals surface area contributed by atoms with Gasteiger partial charge in [-0.1, -0.05) is 12.1 Å². The van der Waals surface area contributed by atoms with E-state index in [0.717, 1.165) is 50.6 Å². The molecule has 0 aliphatic carbocycles. The summed E-state index contributed by atoms with van der Waals surface area (Å²) in [6.45, 7) is 5.74. The third-order valence-corrected chi connectivity index (χ3v) is 7.01. The van der Waals surface area contributed by atoms with E-state index in [9.17, 15) is 17.6 Å². The molecule has 2 aliphatic heterocycles. The summed E-state index contributed by atoms with van der Waals surface area (Å²) in [5.41, 5.74) is -0.606. The number of benzene rings is 1. The first-order valence-electron chi connectivity index (χ1n) is 11.0. The summed E-state index contributed by atoms with van der Waals surface area (Å²) in [6.07, 6.45) is -3.50. The summed E-state index contributed by atoms with van der Waals surface area (Å²) in [5.74, 6) is 0.510. The number of nitrogens with one attached hydrogen (secondary N) is 1. The number of aromatic nitrogens is 2. The van der Waals surface area contributed by atoms with Crippen LogP contribution in [0.15, 0.2) is 53.6 Å². The maximum atomic E-state index is 13.8. The van der Waals surface area contributed by atoms with Gasteiger partial charge < -0.3 is 9.62 Å². The second kappa shape index (κ2) is 9.07. The van der Waals surface area contributed by atoms with Gasteiger partial charge in [0, 0.05) is 49.7 Å². The van der Waals surface area contributed by atoms with Crippen molar-refractivity contribution in [1.82, 2.24) is 14.9 Å². The van der Waals surface area contributed by atoms with Crippen LogP contribution in [0.3, 0.4) is 0 Å². The Bertz CT molecular complexity index is 1200. The highest BCUT2D eigenvalue weighted by Gasteiger charge is 2.35. The lowest BCUT2D eigenvalue weighted by atomic mass is 10.0. The molecule has 2 saturated heterocycles. The number of rotatable bonds is 5. The van der Waals surface area contributed by atoms with Crippen LogP contribution in [0.5, 0.6) is 0 Å². The van der Waals surface area contributed by atoms with Crippen molar-refractivity contribution in [3.63, 3.8) is 0 Å². The van der Waals surface area contributed by atoms with Gasteiger partial charge in [-0.25, -0.2) is 14.4 Å². The Labute approximate surface area is 199 Å². The first kappa shape index (κ1) is 22.9. The molecule has 5 rings (SSSR count). The van der Waals surface area contributed by atoms with Gasteiger partial charge in [0.2, 0.25) is 0 Å². The van der Waals surface area contributed by atoms with Crippen molar-refractivity contribution >= 4 is 23.6 Å². The molecular weight excluding hydrogens is 466 g/mol. The van der Waals surface area contributed by atoms with Gasteiger partial charge in [-0.15, -0.1) is 0 Å². The lowest BCUT2D eigenvalue weighted by Crippen LogP contribution is -2.47. The Hall–Kier alpha value is -2.85. The zero-order valence-corrected chi connectivity index (χ0v) is 19.3. The number of aryl methyl sites for hydroxylation is 1.